The highest BCUT2D eigenvalue weighted by Crippen LogP contribution is 2.43. The van der Waals surface area contributed by atoms with Crippen molar-refractivity contribution in [1.82, 2.24) is 0 Å². The number of carbonyl (C=O) groups is 2. The molecule has 5 nitrogen and oxygen atoms in total. The molecule has 0 aromatic heterocycles. The summed E-state index contributed by atoms with van der Waals surface area (Å²) in [5.41, 5.74) is 5.59. The molecular formula is C30H34N2O3. The lowest BCUT2D eigenvalue weighted by molar-refractivity contribution is -0.122. The third kappa shape index (κ3) is 4.81. The van der Waals surface area contributed by atoms with Crippen molar-refractivity contribution < 1.29 is 14.3 Å². The summed E-state index contributed by atoms with van der Waals surface area (Å²) in [5, 5.41) is 0. The summed E-state index contributed by atoms with van der Waals surface area (Å²) in [6.07, 6.45) is 0.644. The van der Waals surface area contributed by atoms with Crippen LogP contribution < -0.4 is 14.5 Å². The number of methoxy groups -OCH3 is 1. The summed E-state index contributed by atoms with van der Waals surface area (Å²) >= 11 is 0. The zero-order valence-electron chi connectivity index (χ0n) is 21.4. The fraction of sp³-hybridized carbons (Fsp3) is 0.333. The minimum absolute atomic E-state index is 0.0548. The van der Waals surface area contributed by atoms with Gasteiger partial charge in [0.05, 0.1) is 13.2 Å². The highest BCUT2D eigenvalue weighted by Gasteiger charge is 2.39. The monoisotopic (exact) mass is 470 g/mol. The lowest BCUT2D eigenvalue weighted by atomic mass is 9.88. The van der Waals surface area contributed by atoms with Gasteiger partial charge in [-0.05, 0) is 75.2 Å². The van der Waals surface area contributed by atoms with Crippen LogP contribution >= 0.6 is 0 Å². The van der Waals surface area contributed by atoms with Crippen LogP contribution in [0.3, 0.4) is 0 Å². The molecule has 3 aromatic rings. The number of ether oxygens (including phenoxy) is 1. The van der Waals surface area contributed by atoms with E-state index < -0.39 is 0 Å². The molecule has 1 heterocycles. The van der Waals surface area contributed by atoms with Crippen molar-refractivity contribution in [3.05, 3.63) is 89.0 Å². The number of amides is 2. The lowest BCUT2D eigenvalue weighted by Crippen LogP contribution is -2.48. The van der Waals surface area contributed by atoms with Gasteiger partial charge in [0.2, 0.25) is 5.91 Å². The molecule has 1 aliphatic rings. The first-order valence-electron chi connectivity index (χ1n) is 12.2. The smallest absolute Gasteiger partial charge is 0.258 e. The maximum absolute atomic E-state index is 13.7. The maximum atomic E-state index is 13.7. The number of hydrogen-bond acceptors (Lipinski definition) is 3. The molecule has 0 saturated carbocycles. The fourth-order valence-corrected chi connectivity index (χ4v) is 4.82. The lowest BCUT2D eigenvalue weighted by Gasteiger charge is -2.44. The predicted octanol–water partition coefficient (Wildman–Crippen LogP) is 6.48. The van der Waals surface area contributed by atoms with E-state index in [1.54, 1.807) is 31.4 Å². The standard InChI is InChI=1S/C30H34N2O3/c1-19(2)29(33)32(24-12-7-20(3)8-13-24)28-18-22(5)31(27-16-9-21(4)17-26(27)28)30(34)23-10-14-25(35-6)15-11-23/h7-17,19,22,28H,18H2,1-6H3/t22-,28-/m1/s1. The number of nitrogens with zero attached hydrogens (tertiary/aromatic N) is 2. The topological polar surface area (TPSA) is 49.9 Å². The summed E-state index contributed by atoms with van der Waals surface area (Å²) < 4.78 is 5.25. The molecule has 0 aliphatic carbocycles. The van der Waals surface area contributed by atoms with Crippen molar-refractivity contribution in [3.8, 4) is 5.75 Å². The van der Waals surface area contributed by atoms with Crippen LogP contribution in [0.5, 0.6) is 5.75 Å². The zero-order chi connectivity index (χ0) is 25.3. The van der Waals surface area contributed by atoms with Crippen molar-refractivity contribution in [2.75, 3.05) is 16.9 Å². The summed E-state index contributed by atoms with van der Waals surface area (Å²) in [5.74, 6) is 0.582. The van der Waals surface area contributed by atoms with Crippen LogP contribution in [0.1, 0.15) is 60.3 Å². The molecule has 0 spiro atoms. The van der Waals surface area contributed by atoms with Gasteiger partial charge in [-0.25, -0.2) is 0 Å². The maximum Gasteiger partial charge on any atom is 0.258 e. The van der Waals surface area contributed by atoms with E-state index in [9.17, 15) is 9.59 Å². The van der Waals surface area contributed by atoms with Gasteiger partial charge in [0, 0.05) is 28.9 Å². The van der Waals surface area contributed by atoms with Crippen LogP contribution in [0.4, 0.5) is 11.4 Å². The van der Waals surface area contributed by atoms with Crippen molar-refractivity contribution >= 4 is 23.2 Å². The first-order chi connectivity index (χ1) is 16.7. The molecule has 0 radical (unpaired) electrons. The Bertz CT molecular complexity index is 1220. The van der Waals surface area contributed by atoms with Gasteiger partial charge in [-0.3, -0.25) is 9.59 Å². The summed E-state index contributed by atoms with van der Waals surface area (Å²) in [6.45, 7) is 10.0. The van der Waals surface area contributed by atoms with Crippen LogP contribution in [0.25, 0.3) is 0 Å². The number of hydrogen-bond donors (Lipinski definition) is 0. The number of rotatable bonds is 5. The van der Waals surface area contributed by atoms with Gasteiger partial charge >= 0.3 is 0 Å². The van der Waals surface area contributed by atoms with E-state index in [4.69, 9.17) is 4.74 Å². The molecule has 0 unspecified atom stereocenters. The Labute approximate surface area is 208 Å². The average molecular weight is 471 g/mol. The Kier molecular flexibility index (Phi) is 6.97. The highest BCUT2D eigenvalue weighted by molar-refractivity contribution is 6.07. The summed E-state index contributed by atoms with van der Waals surface area (Å²) in [6, 6.07) is 21.2. The number of fused-ring (bicyclic) bond motifs is 1. The zero-order valence-corrected chi connectivity index (χ0v) is 21.4. The Morgan fingerprint density at radius 2 is 1.57 bits per heavy atom. The van der Waals surface area contributed by atoms with E-state index in [2.05, 4.69) is 13.0 Å². The Morgan fingerprint density at radius 1 is 0.943 bits per heavy atom. The van der Waals surface area contributed by atoms with Crippen molar-refractivity contribution in [3.63, 3.8) is 0 Å². The molecule has 0 bridgehead atoms. The second-order valence-electron chi connectivity index (χ2n) is 9.76. The van der Waals surface area contributed by atoms with Crippen LogP contribution in [-0.2, 0) is 4.79 Å². The normalized spacial score (nSPS) is 17.2. The molecule has 2 atom stereocenters. The van der Waals surface area contributed by atoms with E-state index in [1.165, 1.54) is 0 Å². The van der Waals surface area contributed by atoms with Crippen LogP contribution in [0, 0.1) is 19.8 Å². The molecule has 2 amide bonds. The quantitative estimate of drug-likeness (QED) is 0.429. The molecule has 0 N–H and O–H groups in total. The van der Waals surface area contributed by atoms with Gasteiger partial charge in [-0.1, -0.05) is 49.2 Å². The molecule has 182 valence electrons. The second-order valence-corrected chi connectivity index (χ2v) is 9.76. The van der Waals surface area contributed by atoms with Crippen LogP contribution in [-0.4, -0.2) is 25.0 Å². The van der Waals surface area contributed by atoms with Gasteiger partial charge in [0.25, 0.3) is 5.91 Å². The molecule has 5 heteroatoms. The van der Waals surface area contributed by atoms with E-state index in [0.29, 0.717) is 17.7 Å². The van der Waals surface area contributed by atoms with E-state index in [1.807, 2.05) is 73.9 Å². The Balaban J connectivity index is 1.81. The van der Waals surface area contributed by atoms with Gasteiger partial charge in [0.1, 0.15) is 5.75 Å². The number of anilines is 2. The van der Waals surface area contributed by atoms with E-state index in [-0.39, 0.29) is 29.8 Å². The molecule has 3 aromatic carbocycles. The highest BCUT2D eigenvalue weighted by atomic mass is 16.5. The van der Waals surface area contributed by atoms with Crippen LogP contribution in [0.15, 0.2) is 66.7 Å². The first-order valence-corrected chi connectivity index (χ1v) is 12.2. The molecule has 1 aliphatic heterocycles. The minimum Gasteiger partial charge on any atom is -0.497 e. The van der Waals surface area contributed by atoms with Gasteiger partial charge < -0.3 is 14.5 Å². The largest absolute Gasteiger partial charge is 0.497 e. The fourth-order valence-electron chi connectivity index (χ4n) is 4.82. The summed E-state index contributed by atoms with van der Waals surface area (Å²) in [7, 11) is 1.61. The SMILES string of the molecule is COc1ccc(C(=O)N2c3ccc(C)cc3[C@H](N(C(=O)C(C)C)c3ccc(C)cc3)C[C@H]2C)cc1. The Morgan fingerprint density at radius 3 is 2.17 bits per heavy atom. The molecule has 0 fully saturated rings. The summed E-state index contributed by atoms with van der Waals surface area (Å²) in [4.78, 5) is 31.1. The molecule has 35 heavy (non-hydrogen) atoms. The Hall–Kier alpha value is -3.60. The van der Waals surface area contributed by atoms with E-state index in [0.717, 1.165) is 28.1 Å². The van der Waals surface area contributed by atoms with Crippen molar-refractivity contribution in [1.29, 1.82) is 0 Å². The van der Waals surface area contributed by atoms with Crippen molar-refractivity contribution in [2.24, 2.45) is 5.92 Å². The van der Waals surface area contributed by atoms with Gasteiger partial charge in [-0.15, -0.1) is 0 Å². The predicted molar refractivity (Wildman–Crippen MR) is 141 cm³/mol. The van der Waals surface area contributed by atoms with E-state index >= 15 is 0 Å². The average Bonchev–Trinajstić information content (AvgIpc) is 2.85. The second kappa shape index (κ2) is 9.95. The van der Waals surface area contributed by atoms with Gasteiger partial charge in [0.15, 0.2) is 0 Å². The molecular weight excluding hydrogens is 436 g/mol. The third-order valence-corrected chi connectivity index (χ3v) is 6.72. The first kappa shape index (κ1) is 24.5. The molecule has 0 saturated heterocycles. The van der Waals surface area contributed by atoms with Gasteiger partial charge in [-0.2, -0.15) is 0 Å². The number of aryl methyl sites for hydroxylation is 2. The molecule has 4 rings (SSSR count). The number of carbonyl (C=O) groups excluding carboxylic acids is 2. The van der Waals surface area contributed by atoms with Crippen LogP contribution in [0.2, 0.25) is 0 Å². The number of benzene rings is 3. The van der Waals surface area contributed by atoms with Crippen molar-refractivity contribution in [2.45, 2.75) is 53.1 Å². The third-order valence-electron chi connectivity index (χ3n) is 6.72. The minimum atomic E-state index is -0.169.